The van der Waals surface area contributed by atoms with E-state index in [0.29, 0.717) is 32.7 Å². The second kappa shape index (κ2) is 8.12. The summed E-state index contributed by atoms with van der Waals surface area (Å²) in [6, 6.07) is 0. The lowest BCUT2D eigenvalue weighted by atomic mass is 10.1. The van der Waals surface area contributed by atoms with Crippen molar-refractivity contribution in [3.63, 3.8) is 0 Å². The molecule has 0 heterocycles. The maximum absolute atomic E-state index is 11.5. The smallest absolute Gasteiger partial charge is 0.322 e. The summed E-state index contributed by atoms with van der Waals surface area (Å²) in [6.07, 6.45) is 1.41. The number of halogens is 1. The van der Waals surface area contributed by atoms with Gasteiger partial charge in [-0.2, -0.15) is 0 Å². The number of hydrogen-bond donors (Lipinski definition) is 0. The first-order valence-corrected chi connectivity index (χ1v) is 7.18. The Morgan fingerprint density at radius 2 is 1.61 bits per heavy atom. The molecule has 0 aromatic heterocycles. The monoisotopic (exact) mass is 324 g/mol. The van der Waals surface area contributed by atoms with E-state index in [2.05, 4.69) is 15.9 Å². The zero-order valence-electron chi connectivity index (χ0n) is 12.0. The number of ether oxygens (including phenoxy) is 3. The van der Waals surface area contributed by atoms with Gasteiger partial charge in [0.25, 0.3) is 0 Å². The fourth-order valence-electron chi connectivity index (χ4n) is 1.53. The van der Waals surface area contributed by atoms with Crippen LogP contribution in [-0.2, 0) is 19.0 Å². The second-order valence-electron chi connectivity index (χ2n) is 4.71. The van der Waals surface area contributed by atoms with Crippen molar-refractivity contribution < 1.29 is 19.0 Å². The number of carbonyl (C=O) groups excluding carboxylic acids is 1. The molecule has 0 N–H and O–H groups in total. The average molecular weight is 325 g/mol. The molecule has 0 aromatic rings. The quantitative estimate of drug-likeness (QED) is 0.282. The Hall–Kier alpha value is -0.130. The van der Waals surface area contributed by atoms with Crippen molar-refractivity contribution in [2.45, 2.75) is 57.6 Å². The van der Waals surface area contributed by atoms with Gasteiger partial charge in [0.2, 0.25) is 0 Å². The van der Waals surface area contributed by atoms with Crippen LogP contribution in [0.2, 0.25) is 0 Å². The van der Waals surface area contributed by atoms with E-state index in [0.717, 1.165) is 0 Å². The van der Waals surface area contributed by atoms with E-state index in [1.54, 1.807) is 13.8 Å². The first-order valence-electron chi connectivity index (χ1n) is 6.39. The maximum atomic E-state index is 11.5. The lowest BCUT2D eigenvalue weighted by molar-refractivity contribution is -0.226. The maximum Gasteiger partial charge on any atom is 0.322 e. The van der Waals surface area contributed by atoms with Gasteiger partial charge in [0.15, 0.2) is 5.79 Å². The van der Waals surface area contributed by atoms with Crippen LogP contribution in [0.5, 0.6) is 0 Å². The van der Waals surface area contributed by atoms with Crippen molar-refractivity contribution in [1.29, 1.82) is 0 Å². The van der Waals surface area contributed by atoms with Crippen LogP contribution < -0.4 is 0 Å². The van der Waals surface area contributed by atoms with Gasteiger partial charge in [0.05, 0.1) is 6.61 Å². The minimum Gasteiger partial charge on any atom is -0.465 e. The van der Waals surface area contributed by atoms with Crippen molar-refractivity contribution in [3.05, 3.63) is 0 Å². The average Bonchev–Trinajstić information content (AvgIpc) is 2.23. The third-order valence-electron chi connectivity index (χ3n) is 2.39. The van der Waals surface area contributed by atoms with E-state index in [4.69, 9.17) is 14.2 Å². The molecule has 0 aromatic carbocycles. The molecule has 108 valence electrons. The molecule has 5 heteroatoms. The van der Waals surface area contributed by atoms with Crippen LogP contribution >= 0.6 is 15.9 Å². The largest absolute Gasteiger partial charge is 0.465 e. The highest BCUT2D eigenvalue weighted by Gasteiger charge is 2.27. The molecule has 0 aliphatic rings. The summed E-state index contributed by atoms with van der Waals surface area (Å²) in [5.41, 5.74) is 0. The Bertz CT molecular complexity index is 242. The van der Waals surface area contributed by atoms with Gasteiger partial charge in [0.1, 0.15) is 4.32 Å². The number of esters is 1. The molecule has 0 saturated carbocycles. The minimum atomic E-state index is -0.629. The molecule has 0 rings (SSSR count). The molecule has 0 fully saturated rings. The summed E-state index contributed by atoms with van der Waals surface area (Å²) >= 11 is 3.26. The van der Waals surface area contributed by atoms with Gasteiger partial charge in [0, 0.05) is 19.6 Å². The molecule has 0 unspecified atom stereocenters. The van der Waals surface area contributed by atoms with Gasteiger partial charge in [-0.3, -0.25) is 4.79 Å². The molecule has 0 spiro atoms. The highest BCUT2D eigenvalue weighted by Crippen LogP contribution is 2.21. The third kappa shape index (κ3) is 7.34. The third-order valence-corrected chi connectivity index (χ3v) is 2.72. The zero-order valence-corrected chi connectivity index (χ0v) is 13.6. The van der Waals surface area contributed by atoms with E-state index in [1.807, 2.05) is 20.8 Å². The standard InChI is InChI=1S/C13H25BrO4/c1-6-17-13(5,18-7-2)9-8-10-16-11(15)12(3,4)14/h6-10H2,1-5H3. The van der Waals surface area contributed by atoms with E-state index in [1.165, 1.54) is 0 Å². The summed E-state index contributed by atoms with van der Waals surface area (Å²) in [7, 11) is 0. The Balaban J connectivity index is 3.97. The topological polar surface area (TPSA) is 44.8 Å². The summed E-state index contributed by atoms with van der Waals surface area (Å²) in [4.78, 5) is 11.5. The van der Waals surface area contributed by atoms with Crippen molar-refractivity contribution in [1.82, 2.24) is 0 Å². The highest BCUT2D eigenvalue weighted by atomic mass is 79.9. The van der Waals surface area contributed by atoms with Crippen LogP contribution in [0.4, 0.5) is 0 Å². The Labute approximate surface area is 118 Å². The predicted molar refractivity (Wildman–Crippen MR) is 74.9 cm³/mol. The van der Waals surface area contributed by atoms with Crippen molar-refractivity contribution in [2.75, 3.05) is 19.8 Å². The highest BCUT2D eigenvalue weighted by molar-refractivity contribution is 9.10. The summed E-state index contributed by atoms with van der Waals surface area (Å²) in [5.74, 6) is -0.836. The van der Waals surface area contributed by atoms with Crippen LogP contribution in [0.3, 0.4) is 0 Å². The molecular formula is C13H25BrO4. The van der Waals surface area contributed by atoms with Gasteiger partial charge in [-0.1, -0.05) is 15.9 Å². The Morgan fingerprint density at radius 3 is 2.00 bits per heavy atom. The van der Waals surface area contributed by atoms with Crippen LogP contribution in [-0.4, -0.2) is 35.9 Å². The van der Waals surface area contributed by atoms with Gasteiger partial charge in [-0.15, -0.1) is 0 Å². The van der Waals surface area contributed by atoms with E-state index in [-0.39, 0.29) is 5.97 Å². The molecule has 0 aliphatic carbocycles. The van der Waals surface area contributed by atoms with Gasteiger partial charge in [-0.25, -0.2) is 0 Å². The summed E-state index contributed by atoms with van der Waals surface area (Å²) < 4.78 is 15.7. The summed E-state index contributed by atoms with van der Waals surface area (Å²) in [6.45, 7) is 10.9. The molecule has 0 saturated heterocycles. The first-order chi connectivity index (χ1) is 8.25. The second-order valence-corrected chi connectivity index (χ2v) is 6.69. The van der Waals surface area contributed by atoms with Crippen molar-refractivity contribution in [3.8, 4) is 0 Å². The molecular weight excluding hydrogens is 300 g/mol. The zero-order chi connectivity index (χ0) is 14.2. The van der Waals surface area contributed by atoms with Crippen molar-refractivity contribution >= 4 is 21.9 Å². The number of alkyl halides is 1. The molecule has 0 atom stereocenters. The molecule has 0 amide bonds. The fourth-order valence-corrected chi connectivity index (χ4v) is 1.64. The Kier molecular flexibility index (Phi) is 8.06. The van der Waals surface area contributed by atoms with Gasteiger partial charge < -0.3 is 14.2 Å². The summed E-state index contributed by atoms with van der Waals surface area (Å²) in [5, 5.41) is 0. The lowest BCUT2D eigenvalue weighted by Crippen LogP contribution is -2.33. The first kappa shape index (κ1) is 17.9. The van der Waals surface area contributed by atoms with E-state index >= 15 is 0 Å². The predicted octanol–water partition coefficient (Wildman–Crippen LogP) is 3.27. The Morgan fingerprint density at radius 1 is 1.11 bits per heavy atom. The normalized spacial score (nSPS) is 12.6. The van der Waals surface area contributed by atoms with E-state index < -0.39 is 10.1 Å². The van der Waals surface area contributed by atoms with Crippen LogP contribution in [0.15, 0.2) is 0 Å². The minimum absolute atomic E-state index is 0.253. The van der Waals surface area contributed by atoms with Crippen molar-refractivity contribution in [2.24, 2.45) is 0 Å². The SMILES string of the molecule is CCOC(C)(CCCOC(=O)C(C)(C)Br)OCC. The van der Waals surface area contributed by atoms with Crippen LogP contribution in [0.25, 0.3) is 0 Å². The van der Waals surface area contributed by atoms with Gasteiger partial charge >= 0.3 is 5.97 Å². The number of hydrogen-bond acceptors (Lipinski definition) is 4. The molecule has 0 bridgehead atoms. The molecule has 0 radical (unpaired) electrons. The number of carbonyl (C=O) groups is 1. The van der Waals surface area contributed by atoms with E-state index in [9.17, 15) is 4.79 Å². The molecule has 18 heavy (non-hydrogen) atoms. The molecule has 0 aliphatic heterocycles. The fraction of sp³-hybridized carbons (Fsp3) is 0.923. The van der Waals surface area contributed by atoms with Crippen LogP contribution in [0, 0.1) is 0 Å². The van der Waals surface area contributed by atoms with Gasteiger partial charge in [-0.05, 0) is 41.0 Å². The molecule has 4 nitrogen and oxygen atoms in total. The lowest BCUT2D eigenvalue weighted by Gasteiger charge is -2.29. The van der Waals surface area contributed by atoms with Crippen LogP contribution in [0.1, 0.15) is 47.5 Å². The number of rotatable bonds is 9.